The number of rotatable bonds is 4. The number of aromatic nitrogens is 2. The Morgan fingerprint density at radius 3 is 2.71 bits per heavy atom. The quantitative estimate of drug-likeness (QED) is 0.641. The fourth-order valence-corrected chi connectivity index (χ4v) is 1.65. The maximum atomic E-state index is 11.7. The molecule has 0 atom stereocenters. The Balaban J connectivity index is 2.07. The lowest BCUT2D eigenvalue weighted by Crippen LogP contribution is -2.08. The van der Waals surface area contributed by atoms with Crippen molar-refractivity contribution < 1.29 is 14.0 Å². The van der Waals surface area contributed by atoms with E-state index in [2.05, 4.69) is 20.9 Å². The van der Waals surface area contributed by atoms with E-state index in [0.717, 1.165) is 0 Å². The third-order valence-corrected chi connectivity index (χ3v) is 2.59. The van der Waals surface area contributed by atoms with Gasteiger partial charge in [-0.05, 0) is 28.1 Å². The number of hydrogen-bond acceptors (Lipinski definition) is 4. The Morgan fingerprint density at radius 2 is 2.18 bits per heavy atom. The molecule has 0 amide bonds. The Morgan fingerprint density at radius 1 is 1.41 bits per heavy atom. The first kappa shape index (κ1) is 11.8. The van der Waals surface area contributed by atoms with Crippen LogP contribution in [0.25, 0.3) is 0 Å². The van der Waals surface area contributed by atoms with Crippen molar-refractivity contribution >= 4 is 27.5 Å². The van der Waals surface area contributed by atoms with Gasteiger partial charge in [-0.3, -0.25) is 9.59 Å². The van der Waals surface area contributed by atoms with Gasteiger partial charge in [-0.1, -0.05) is 0 Å². The minimum Gasteiger partial charge on any atom is -0.446 e. The van der Waals surface area contributed by atoms with Crippen LogP contribution < -0.4 is 0 Å². The number of hydrogen-bond donors (Lipinski definition) is 0. The number of halogens is 1. The number of furan rings is 1. The van der Waals surface area contributed by atoms with Crippen molar-refractivity contribution in [2.24, 2.45) is 7.05 Å². The highest BCUT2D eigenvalue weighted by molar-refractivity contribution is 9.10. The smallest absolute Gasteiger partial charge is 0.205 e. The van der Waals surface area contributed by atoms with Crippen molar-refractivity contribution in [2.45, 2.75) is 6.42 Å². The molecule has 0 aliphatic heterocycles. The first-order valence-corrected chi connectivity index (χ1v) is 5.65. The summed E-state index contributed by atoms with van der Waals surface area (Å²) in [6.45, 7) is 0. The summed E-state index contributed by atoms with van der Waals surface area (Å²) >= 11 is 3.10. The van der Waals surface area contributed by atoms with Gasteiger partial charge in [0, 0.05) is 13.2 Å². The van der Waals surface area contributed by atoms with Gasteiger partial charge in [-0.2, -0.15) is 0 Å². The fourth-order valence-electron chi connectivity index (χ4n) is 1.34. The van der Waals surface area contributed by atoms with Crippen LogP contribution >= 0.6 is 15.9 Å². The fraction of sp³-hybridized carbons (Fsp3) is 0.182. The second-order valence-electron chi connectivity index (χ2n) is 3.55. The van der Waals surface area contributed by atoms with Gasteiger partial charge in [0.2, 0.25) is 5.78 Å². The van der Waals surface area contributed by atoms with Gasteiger partial charge >= 0.3 is 0 Å². The lowest BCUT2D eigenvalue weighted by atomic mass is 10.1. The predicted molar refractivity (Wildman–Crippen MR) is 62.9 cm³/mol. The summed E-state index contributed by atoms with van der Waals surface area (Å²) in [6, 6.07) is 3.14. The third kappa shape index (κ3) is 2.71. The predicted octanol–water partition coefficient (Wildman–Crippen LogP) is 2.23. The molecule has 6 heteroatoms. The number of aryl methyl sites for hydroxylation is 1. The first-order chi connectivity index (χ1) is 8.06. The minimum atomic E-state index is -0.355. The molecule has 2 aromatic rings. The number of carbonyl (C=O) groups is 2. The maximum absolute atomic E-state index is 11.7. The second kappa shape index (κ2) is 4.67. The monoisotopic (exact) mass is 296 g/mol. The molecule has 0 radical (unpaired) electrons. The lowest BCUT2D eigenvalue weighted by molar-refractivity contribution is 0.0875. The number of carbonyl (C=O) groups excluding carboxylic acids is 2. The van der Waals surface area contributed by atoms with E-state index in [-0.39, 0.29) is 29.4 Å². The molecule has 0 aromatic carbocycles. The van der Waals surface area contributed by atoms with Gasteiger partial charge in [0.15, 0.2) is 16.2 Å². The molecule has 2 heterocycles. The molecule has 5 nitrogen and oxygen atoms in total. The molecule has 0 fully saturated rings. The molecule has 2 rings (SSSR count). The van der Waals surface area contributed by atoms with E-state index in [9.17, 15) is 9.59 Å². The van der Waals surface area contributed by atoms with Crippen molar-refractivity contribution in [1.29, 1.82) is 0 Å². The zero-order valence-corrected chi connectivity index (χ0v) is 10.6. The Hall–Kier alpha value is -1.69. The summed E-state index contributed by atoms with van der Waals surface area (Å²) in [5.74, 6) is -0.504. The molecule has 88 valence electrons. The van der Waals surface area contributed by atoms with Crippen LogP contribution in [0, 0.1) is 0 Å². The van der Waals surface area contributed by atoms with Crippen LogP contribution in [-0.2, 0) is 7.05 Å². The number of nitrogens with zero attached hydrogens (tertiary/aromatic N) is 2. The largest absolute Gasteiger partial charge is 0.446 e. The molecule has 0 saturated heterocycles. The molecule has 0 aliphatic carbocycles. The molecular formula is C11H9BrN2O3. The van der Waals surface area contributed by atoms with Crippen LogP contribution in [0.5, 0.6) is 0 Å². The van der Waals surface area contributed by atoms with Crippen molar-refractivity contribution in [3.05, 3.63) is 40.8 Å². The molecule has 17 heavy (non-hydrogen) atoms. The molecule has 0 aliphatic rings. The summed E-state index contributed by atoms with van der Waals surface area (Å²) in [7, 11) is 1.76. The minimum absolute atomic E-state index is 0.168. The van der Waals surface area contributed by atoms with E-state index >= 15 is 0 Å². The topological polar surface area (TPSA) is 65.1 Å². The summed E-state index contributed by atoms with van der Waals surface area (Å²) in [5, 5.41) is 0. The van der Waals surface area contributed by atoms with E-state index in [4.69, 9.17) is 4.42 Å². The highest BCUT2D eigenvalue weighted by Crippen LogP contribution is 2.16. The van der Waals surface area contributed by atoms with Gasteiger partial charge in [0.25, 0.3) is 0 Å². The zero-order chi connectivity index (χ0) is 12.4. The van der Waals surface area contributed by atoms with E-state index in [1.165, 1.54) is 12.4 Å². The number of Topliss-reactive ketones (excluding diaryl/α,β-unsaturated/α-hetero) is 2. The van der Waals surface area contributed by atoms with E-state index < -0.39 is 0 Å². The Labute approximate surface area is 106 Å². The van der Waals surface area contributed by atoms with Crippen molar-refractivity contribution in [1.82, 2.24) is 9.55 Å². The molecule has 0 unspecified atom stereocenters. The zero-order valence-electron chi connectivity index (χ0n) is 9.01. The average molecular weight is 297 g/mol. The normalized spacial score (nSPS) is 10.5. The molecule has 0 spiro atoms. The molecule has 0 bridgehead atoms. The highest BCUT2D eigenvalue weighted by Gasteiger charge is 2.17. The van der Waals surface area contributed by atoms with Gasteiger partial charge in [-0.15, -0.1) is 0 Å². The number of ketones is 2. The third-order valence-electron chi connectivity index (χ3n) is 2.16. The summed E-state index contributed by atoms with van der Waals surface area (Å²) in [6.07, 6.45) is 2.85. The summed E-state index contributed by atoms with van der Waals surface area (Å²) in [5.41, 5.74) is 0.284. The van der Waals surface area contributed by atoms with Gasteiger partial charge < -0.3 is 8.98 Å². The van der Waals surface area contributed by atoms with Crippen LogP contribution in [-0.4, -0.2) is 21.1 Å². The molecule has 2 aromatic heterocycles. The molecule has 0 N–H and O–H groups in total. The average Bonchev–Trinajstić information content (AvgIpc) is 2.87. The van der Waals surface area contributed by atoms with Gasteiger partial charge in [0.05, 0.1) is 12.7 Å². The second-order valence-corrected chi connectivity index (χ2v) is 4.33. The van der Waals surface area contributed by atoms with E-state index in [1.54, 1.807) is 23.9 Å². The SMILES string of the molecule is Cn1cnc(C(=O)CC(=O)c2ccc(Br)o2)c1. The van der Waals surface area contributed by atoms with E-state index in [0.29, 0.717) is 4.67 Å². The molecular weight excluding hydrogens is 288 g/mol. The van der Waals surface area contributed by atoms with Crippen LogP contribution in [0.1, 0.15) is 27.5 Å². The Kier molecular flexibility index (Phi) is 3.23. The maximum Gasteiger partial charge on any atom is 0.205 e. The lowest BCUT2D eigenvalue weighted by Gasteiger charge is -1.94. The Bertz CT molecular complexity index is 521. The standard InChI is InChI=1S/C11H9BrN2O3/c1-14-5-7(13-6-14)8(15)4-9(16)10-2-3-11(12)17-10/h2-3,5-6H,4H2,1H3. The number of imidazole rings is 1. The highest BCUT2D eigenvalue weighted by atomic mass is 79.9. The van der Waals surface area contributed by atoms with Crippen molar-refractivity contribution in [2.75, 3.05) is 0 Å². The van der Waals surface area contributed by atoms with Crippen LogP contribution in [0.15, 0.2) is 33.7 Å². The summed E-state index contributed by atoms with van der Waals surface area (Å²) < 4.78 is 7.19. The summed E-state index contributed by atoms with van der Waals surface area (Å²) in [4.78, 5) is 27.3. The first-order valence-electron chi connectivity index (χ1n) is 4.86. The molecule has 0 saturated carbocycles. The van der Waals surface area contributed by atoms with Crippen molar-refractivity contribution in [3.63, 3.8) is 0 Å². The van der Waals surface area contributed by atoms with Gasteiger partial charge in [-0.25, -0.2) is 4.98 Å². The van der Waals surface area contributed by atoms with Crippen molar-refractivity contribution in [3.8, 4) is 0 Å². The van der Waals surface area contributed by atoms with Crippen LogP contribution in [0.2, 0.25) is 0 Å². The van der Waals surface area contributed by atoms with Gasteiger partial charge in [0.1, 0.15) is 5.69 Å². The van der Waals surface area contributed by atoms with Crippen LogP contribution in [0.3, 0.4) is 0 Å². The van der Waals surface area contributed by atoms with E-state index in [1.807, 2.05) is 0 Å². The van der Waals surface area contributed by atoms with Crippen LogP contribution in [0.4, 0.5) is 0 Å².